The monoisotopic (exact) mass is 243 g/mol. The number of hydrogen-bond acceptors (Lipinski definition) is 3. The van der Waals surface area contributed by atoms with Crippen molar-refractivity contribution in [2.75, 3.05) is 11.4 Å². The maximum atomic E-state index is 9.06. The zero-order valence-electron chi connectivity index (χ0n) is 11.0. The molecule has 0 aromatic heterocycles. The highest BCUT2D eigenvalue weighted by molar-refractivity contribution is 5.47. The molecule has 1 saturated carbocycles. The number of nitriles is 1. The topological polar surface area (TPSA) is 53.0 Å². The molecular weight excluding hydrogens is 222 g/mol. The third-order valence-electron chi connectivity index (χ3n) is 3.94. The van der Waals surface area contributed by atoms with Crippen molar-refractivity contribution < 1.29 is 0 Å². The SMILES string of the molecule is CCN(c1ccccc1)C1CCC(N)(C#N)CC1. The van der Waals surface area contributed by atoms with Crippen LogP contribution in [0.15, 0.2) is 30.3 Å². The average molecular weight is 243 g/mol. The zero-order valence-corrected chi connectivity index (χ0v) is 11.0. The van der Waals surface area contributed by atoms with Gasteiger partial charge in [0.1, 0.15) is 5.54 Å². The van der Waals surface area contributed by atoms with Crippen molar-refractivity contribution in [2.45, 2.75) is 44.2 Å². The predicted octanol–water partition coefficient (Wildman–Crippen LogP) is 2.68. The highest BCUT2D eigenvalue weighted by Crippen LogP contribution is 2.31. The second-order valence-electron chi connectivity index (χ2n) is 5.12. The van der Waals surface area contributed by atoms with Gasteiger partial charge in [0.25, 0.3) is 0 Å². The number of benzene rings is 1. The maximum absolute atomic E-state index is 9.06. The standard InChI is InChI=1S/C15H21N3/c1-2-18(13-6-4-3-5-7-13)14-8-10-15(17,12-16)11-9-14/h3-7,14H,2,8-11,17H2,1H3. The van der Waals surface area contributed by atoms with E-state index in [9.17, 15) is 0 Å². The summed E-state index contributed by atoms with van der Waals surface area (Å²) in [5, 5.41) is 9.06. The van der Waals surface area contributed by atoms with Crippen molar-refractivity contribution in [3.63, 3.8) is 0 Å². The molecule has 0 heterocycles. The Labute approximate surface area is 109 Å². The first-order chi connectivity index (χ1) is 8.68. The third kappa shape index (κ3) is 2.65. The Hall–Kier alpha value is -1.53. The molecule has 3 nitrogen and oxygen atoms in total. The molecule has 2 rings (SSSR count). The van der Waals surface area contributed by atoms with E-state index in [0.717, 1.165) is 32.2 Å². The molecule has 1 fully saturated rings. The van der Waals surface area contributed by atoms with Crippen LogP contribution in [0.4, 0.5) is 5.69 Å². The molecule has 3 heteroatoms. The van der Waals surface area contributed by atoms with E-state index in [2.05, 4.69) is 42.2 Å². The highest BCUT2D eigenvalue weighted by atomic mass is 15.2. The van der Waals surface area contributed by atoms with Crippen molar-refractivity contribution in [3.8, 4) is 6.07 Å². The summed E-state index contributed by atoms with van der Waals surface area (Å²) in [4.78, 5) is 2.43. The molecule has 0 atom stereocenters. The maximum Gasteiger partial charge on any atom is 0.104 e. The summed E-state index contributed by atoms with van der Waals surface area (Å²) in [5.74, 6) is 0. The smallest absolute Gasteiger partial charge is 0.104 e. The van der Waals surface area contributed by atoms with Gasteiger partial charge in [0.05, 0.1) is 6.07 Å². The fraction of sp³-hybridized carbons (Fsp3) is 0.533. The minimum atomic E-state index is -0.591. The predicted molar refractivity (Wildman–Crippen MR) is 74.2 cm³/mol. The molecule has 1 aliphatic carbocycles. The minimum absolute atomic E-state index is 0.516. The Morgan fingerprint density at radius 2 is 1.94 bits per heavy atom. The molecular formula is C15H21N3. The summed E-state index contributed by atoms with van der Waals surface area (Å²) < 4.78 is 0. The first-order valence-electron chi connectivity index (χ1n) is 6.70. The summed E-state index contributed by atoms with van der Waals surface area (Å²) in [7, 11) is 0. The van der Waals surface area contributed by atoms with Gasteiger partial charge < -0.3 is 10.6 Å². The van der Waals surface area contributed by atoms with Crippen molar-refractivity contribution in [3.05, 3.63) is 30.3 Å². The molecule has 0 unspecified atom stereocenters. The van der Waals surface area contributed by atoms with Gasteiger partial charge >= 0.3 is 0 Å². The fourth-order valence-electron chi connectivity index (χ4n) is 2.81. The van der Waals surface area contributed by atoms with E-state index >= 15 is 0 Å². The molecule has 0 spiro atoms. The Morgan fingerprint density at radius 1 is 1.33 bits per heavy atom. The first kappa shape index (κ1) is 12.9. The number of nitrogens with zero attached hydrogens (tertiary/aromatic N) is 2. The lowest BCUT2D eigenvalue weighted by Gasteiger charge is -2.39. The third-order valence-corrected chi connectivity index (χ3v) is 3.94. The quantitative estimate of drug-likeness (QED) is 0.888. The summed E-state index contributed by atoms with van der Waals surface area (Å²) >= 11 is 0. The molecule has 0 saturated heterocycles. The number of para-hydroxylation sites is 1. The molecule has 2 N–H and O–H groups in total. The Morgan fingerprint density at radius 3 is 2.44 bits per heavy atom. The number of rotatable bonds is 3. The van der Waals surface area contributed by atoms with Crippen LogP contribution in [0.5, 0.6) is 0 Å². The van der Waals surface area contributed by atoms with E-state index < -0.39 is 5.54 Å². The fourth-order valence-corrected chi connectivity index (χ4v) is 2.81. The van der Waals surface area contributed by atoms with Crippen LogP contribution in [-0.2, 0) is 0 Å². The van der Waals surface area contributed by atoms with Crippen LogP contribution in [0, 0.1) is 11.3 Å². The number of anilines is 1. The van der Waals surface area contributed by atoms with Crippen LogP contribution in [-0.4, -0.2) is 18.1 Å². The van der Waals surface area contributed by atoms with Crippen molar-refractivity contribution in [1.82, 2.24) is 0 Å². The van der Waals surface area contributed by atoms with E-state index in [4.69, 9.17) is 11.0 Å². The van der Waals surface area contributed by atoms with E-state index in [1.807, 2.05) is 6.07 Å². The van der Waals surface area contributed by atoms with Gasteiger partial charge in [0.15, 0.2) is 0 Å². The molecule has 1 aliphatic rings. The largest absolute Gasteiger partial charge is 0.369 e. The van der Waals surface area contributed by atoms with Crippen LogP contribution in [0.2, 0.25) is 0 Å². The zero-order chi connectivity index (χ0) is 13.0. The van der Waals surface area contributed by atoms with Gasteiger partial charge in [-0.05, 0) is 44.7 Å². The van der Waals surface area contributed by atoms with Gasteiger partial charge in [-0.3, -0.25) is 0 Å². The lowest BCUT2D eigenvalue weighted by Crippen LogP contribution is -2.47. The van der Waals surface area contributed by atoms with Crippen LogP contribution < -0.4 is 10.6 Å². The summed E-state index contributed by atoms with van der Waals surface area (Å²) in [5.41, 5.74) is 6.70. The van der Waals surface area contributed by atoms with Crippen molar-refractivity contribution >= 4 is 5.69 Å². The van der Waals surface area contributed by atoms with Crippen LogP contribution in [0.3, 0.4) is 0 Å². The van der Waals surface area contributed by atoms with E-state index in [-0.39, 0.29) is 0 Å². The molecule has 0 amide bonds. The highest BCUT2D eigenvalue weighted by Gasteiger charge is 2.33. The molecule has 0 bridgehead atoms. The van der Waals surface area contributed by atoms with Gasteiger partial charge in [-0.2, -0.15) is 5.26 Å². The van der Waals surface area contributed by atoms with Gasteiger partial charge in [0, 0.05) is 18.3 Å². The minimum Gasteiger partial charge on any atom is -0.369 e. The summed E-state index contributed by atoms with van der Waals surface area (Å²) in [6, 6.07) is 13.3. The normalized spacial score (nSPS) is 27.5. The Bertz CT molecular complexity index is 413. The van der Waals surface area contributed by atoms with Crippen molar-refractivity contribution in [2.24, 2.45) is 5.73 Å². The van der Waals surface area contributed by atoms with Crippen LogP contribution >= 0.6 is 0 Å². The lowest BCUT2D eigenvalue weighted by atomic mass is 9.80. The molecule has 0 aliphatic heterocycles. The molecule has 18 heavy (non-hydrogen) atoms. The van der Waals surface area contributed by atoms with Gasteiger partial charge in [-0.1, -0.05) is 18.2 Å². The average Bonchev–Trinajstić information content (AvgIpc) is 2.43. The Kier molecular flexibility index (Phi) is 3.88. The van der Waals surface area contributed by atoms with Crippen LogP contribution in [0.1, 0.15) is 32.6 Å². The second kappa shape index (κ2) is 5.41. The van der Waals surface area contributed by atoms with E-state index in [0.29, 0.717) is 6.04 Å². The summed E-state index contributed by atoms with van der Waals surface area (Å²) in [6.07, 6.45) is 3.62. The van der Waals surface area contributed by atoms with Crippen LogP contribution in [0.25, 0.3) is 0 Å². The molecule has 1 aromatic carbocycles. The first-order valence-corrected chi connectivity index (χ1v) is 6.70. The van der Waals surface area contributed by atoms with Gasteiger partial charge in [-0.15, -0.1) is 0 Å². The number of hydrogen-bond donors (Lipinski definition) is 1. The molecule has 0 radical (unpaired) electrons. The van der Waals surface area contributed by atoms with Gasteiger partial charge in [0.2, 0.25) is 0 Å². The summed E-state index contributed by atoms with van der Waals surface area (Å²) in [6.45, 7) is 3.18. The van der Waals surface area contributed by atoms with Gasteiger partial charge in [-0.25, -0.2) is 0 Å². The lowest BCUT2D eigenvalue weighted by molar-refractivity contribution is 0.323. The van der Waals surface area contributed by atoms with E-state index in [1.165, 1.54) is 5.69 Å². The Balaban J connectivity index is 2.06. The molecule has 96 valence electrons. The second-order valence-corrected chi connectivity index (χ2v) is 5.12. The number of nitrogens with two attached hydrogens (primary N) is 1. The van der Waals surface area contributed by atoms with Crippen molar-refractivity contribution in [1.29, 1.82) is 5.26 Å². The molecule has 1 aromatic rings. The van der Waals surface area contributed by atoms with E-state index in [1.54, 1.807) is 0 Å².